The molecule has 4 heterocycles. The molecule has 3 aromatic heterocycles. The number of fused-ring (bicyclic) bond motifs is 1. The second kappa shape index (κ2) is 9.34. The van der Waals surface area contributed by atoms with Crippen LogP contribution < -0.4 is 5.73 Å². The number of imidazole rings is 1. The molecule has 33 heavy (non-hydrogen) atoms. The average molecular weight is 458 g/mol. The molecule has 2 aliphatic rings. The van der Waals surface area contributed by atoms with Crippen molar-refractivity contribution in [1.82, 2.24) is 29.7 Å². The number of nitrogens with two attached hydrogens (primary N) is 1. The molecule has 1 saturated carbocycles. The summed E-state index contributed by atoms with van der Waals surface area (Å²) in [7, 11) is 0. The Morgan fingerprint density at radius 2 is 1.97 bits per heavy atom. The lowest BCUT2D eigenvalue weighted by atomic mass is 9.85. The summed E-state index contributed by atoms with van der Waals surface area (Å²) in [5, 5.41) is 37.3. The molecular formula is C22H31N7O4. The molecule has 11 nitrogen and oxygen atoms in total. The molecule has 0 radical (unpaired) electrons. The second-order valence-corrected chi connectivity index (χ2v) is 9.13. The first-order valence-electron chi connectivity index (χ1n) is 11.7. The van der Waals surface area contributed by atoms with Gasteiger partial charge in [0, 0.05) is 6.20 Å². The van der Waals surface area contributed by atoms with Crippen LogP contribution >= 0.6 is 0 Å². The summed E-state index contributed by atoms with van der Waals surface area (Å²) in [5.74, 6) is 1.43. The molecule has 0 unspecified atom stereocenters. The Balaban J connectivity index is 1.40. The third-order valence-electron chi connectivity index (χ3n) is 6.95. The first kappa shape index (κ1) is 22.2. The van der Waals surface area contributed by atoms with Crippen LogP contribution in [0, 0.1) is 5.92 Å². The molecule has 1 aliphatic heterocycles. The number of hydrogen-bond acceptors (Lipinski definition) is 9. The molecule has 6 N–H and O–H groups in total. The molecule has 1 saturated heterocycles. The van der Waals surface area contributed by atoms with Crippen LogP contribution in [0.1, 0.15) is 56.9 Å². The number of nitrogens with one attached hydrogen (secondary N) is 1. The SMILES string of the molecule is Nc1nc(-c2c[nH]nc2CCCC2CCCCC2)nc2c1ncn2[C@@H]1O[C@H](CO)[C@@H](O)[C@H]1O. The first-order valence-corrected chi connectivity index (χ1v) is 11.7. The number of aromatic amines is 1. The fraction of sp³-hybridized carbons (Fsp3) is 0.636. The highest BCUT2D eigenvalue weighted by Gasteiger charge is 2.44. The van der Waals surface area contributed by atoms with Gasteiger partial charge in [0.15, 0.2) is 23.5 Å². The number of anilines is 1. The predicted molar refractivity (Wildman–Crippen MR) is 120 cm³/mol. The summed E-state index contributed by atoms with van der Waals surface area (Å²) in [5.41, 5.74) is 8.61. The van der Waals surface area contributed by atoms with Crippen molar-refractivity contribution in [3.8, 4) is 11.4 Å². The van der Waals surface area contributed by atoms with E-state index in [1.165, 1.54) is 49.4 Å². The van der Waals surface area contributed by atoms with Crippen LogP contribution in [0.15, 0.2) is 12.5 Å². The molecule has 3 aromatic rings. The first-order chi connectivity index (χ1) is 16.1. The topological polar surface area (TPSA) is 168 Å². The highest BCUT2D eigenvalue weighted by molar-refractivity contribution is 5.84. The van der Waals surface area contributed by atoms with Crippen molar-refractivity contribution in [3.63, 3.8) is 0 Å². The summed E-state index contributed by atoms with van der Waals surface area (Å²) in [4.78, 5) is 13.4. The molecule has 178 valence electrons. The molecule has 0 aromatic carbocycles. The monoisotopic (exact) mass is 457 g/mol. The number of ether oxygens (including phenoxy) is 1. The zero-order valence-electron chi connectivity index (χ0n) is 18.5. The number of aliphatic hydroxyl groups excluding tert-OH is 3. The largest absolute Gasteiger partial charge is 0.394 e. The van der Waals surface area contributed by atoms with Gasteiger partial charge in [-0.1, -0.05) is 38.5 Å². The van der Waals surface area contributed by atoms with Gasteiger partial charge in [-0.15, -0.1) is 0 Å². The Kier molecular flexibility index (Phi) is 6.28. The van der Waals surface area contributed by atoms with E-state index in [9.17, 15) is 15.3 Å². The maximum atomic E-state index is 10.4. The summed E-state index contributed by atoms with van der Waals surface area (Å²) in [6.07, 6.45) is 8.67. The predicted octanol–water partition coefficient (Wildman–Crippen LogP) is 1.31. The van der Waals surface area contributed by atoms with E-state index < -0.39 is 31.1 Å². The fourth-order valence-electron chi connectivity index (χ4n) is 5.09. The number of nitrogen functional groups attached to an aromatic ring is 1. The standard InChI is InChI=1S/C22H31N7O4/c23-19-16-21(29(11-24-16)22-18(32)17(31)15(10-30)33-22)27-20(26-19)13-9-25-28-14(13)8-4-7-12-5-2-1-3-6-12/h9,11-12,15,17-18,22,30-32H,1-8,10H2,(H,25,28)(H2,23,26,27)/t15-,17-,18-,22-/m1/s1. The van der Waals surface area contributed by atoms with Crippen LogP contribution in [0.25, 0.3) is 22.6 Å². The summed E-state index contributed by atoms with van der Waals surface area (Å²) in [6, 6.07) is 0. The number of aromatic nitrogens is 6. The number of aliphatic hydroxyl groups is 3. The molecular weight excluding hydrogens is 426 g/mol. The highest BCUT2D eigenvalue weighted by Crippen LogP contribution is 2.33. The molecule has 0 bridgehead atoms. The van der Waals surface area contributed by atoms with Crippen molar-refractivity contribution < 1.29 is 20.1 Å². The third kappa shape index (κ3) is 4.21. The maximum absolute atomic E-state index is 10.4. The number of nitrogens with zero attached hydrogens (tertiary/aromatic N) is 5. The van der Waals surface area contributed by atoms with Crippen LogP contribution in [-0.2, 0) is 11.2 Å². The van der Waals surface area contributed by atoms with Gasteiger partial charge in [-0.25, -0.2) is 15.0 Å². The second-order valence-electron chi connectivity index (χ2n) is 9.13. The number of aryl methyl sites for hydroxylation is 1. The molecule has 1 aliphatic carbocycles. The van der Waals surface area contributed by atoms with E-state index >= 15 is 0 Å². The van der Waals surface area contributed by atoms with E-state index in [2.05, 4.69) is 25.1 Å². The number of H-pyrrole nitrogens is 1. The van der Waals surface area contributed by atoms with Crippen LogP contribution in [0.3, 0.4) is 0 Å². The van der Waals surface area contributed by atoms with E-state index in [4.69, 9.17) is 10.5 Å². The van der Waals surface area contributed by atoms with Gasteiger partial charge in [0.2, 0.25) is 0 Å². The van der Waals surface area contributed by atoms with E-state index in [1.807, 2.05) is 0 Å². The highest BCUT2D eigenvalue weighted by atomic mass is 16.6. The van der Waals surface area contributed by atoms with Gasteiger partial charge < -0.3 is 25.8 Å². The Hall–Kier alpha value is -2.60. The summed E-state index contributed by atoms with van der Waals surface area (Å²) < 4.78 is 7.16. The minimum absolute atomic E-state index is 0.204. The molecule has 2 fully saturated rings. The van der Waals surface area contributed by atoms with E-state index in [1.54, 1.807) is 6.20 Å². The zero-order valence-corrected chi connectivity index (χ0v) is 18.5. The van der Waals surface area contributed by atoms with Gasteiger partial charge in [-0.3, -0.25) is 9.67 Å². The lowest BCUT2D eigenvalue weighted by Crippen LogP contribution is -2.33. The van der Waals surface area contributed by atoms with Crippen molar-refractivity contribution in [1.29, 1.82) is 0 Å². The number of rotatable bonds is 7. The van der Waals surface area contributed by atoms with E-state index in [0.29, 0.717) is 17.0 Å². The van der Waals surface area contributed by atoms with Crippen LogP contribution in [0.2, 0.25) is 0 Å². The maximum Gasteiger partial charge on any atom is 0.168 e. The van der Waals surface area contributed by atoms with Gasteiger partial charge in [-0.2, -0.15) is 5.10 Å². The lowest BCUT2D eigenvalue weighted by molar-refractivity contribution is -0.0511. The van der Waals surface area contributed by atoms with Gasteiger partial charge in [0.25, 0.3) is 0 Å². The molecule has 5 rings (SSSR count). The fourth-order valence-corrected chi connectivity index (χ4v) is 5.09. The van der Waals surface area contributed by atoms with Crippen LogP contribution in [0.5, 0.6) is 0 Å². The Morgan fingerprint density at radius 3 is 2.73 bits per heavy atom. The molecule has 11 heteroatoms. The molecule has 0 amide bonds. The van der Waals surface area contributed by atoms with E-state index in [0.717, 1.165) is 30.0 Å². The smallest absolute Gasteiger partial charge is 0.168 e. The van der Waals surface area contributed by atoms with Crippen molar-refractivity contribution in [2.45, 2.75) is 75.9 Å². The molecule has 0 spiro atoms. The van der Waals surface area contributed by atoms with Gasteiger partial charge in [-0.05, 0) is 18.8 Å². The van der Waals surface area contributed by atoms with Crippen molar-refractivity contribution in [2.24, 2.45) is 5.92 Å². The zero-order chi connectivity index (χ0) is 22.9. The van der Waals surface area contributed by atoms with Crippen LogP contribution in [0.4, 0.5) is 5.82 Å². The third-order valence-corrected chi connectivity index (χ3v) is 6.95. The summed E-state index contributed by atoms with van der Waals surface area (Å²) >= 11 is 0. The normalized spacial score (nSPS) is 26.4. The van der Waals surface area contributed by atoms with E-state index in [-0.39, 0.29) is 5.82 Å². The Morgan fingerprint density at radius 1 is 1.15 bits per heavy atom. The van der Waals surface area contributed by atoms with Crippen molar-refractivity contribution in [2.75, 3.05) is 12.3 Å². The minimum Gasteiger partial charge on any atom is -0.394 e. The van der Waals surface area contributed by atoms with Crippen molar-refractivity contribution >= 4 is 17.0 Å². The van der Waals surface area contributed by atoms with Gasteiger partial charge >= 0.3 is 0 Å². The lowest BCUT2D eigenvalue weighted by Gasteiger charge is -2.21. The quantitative estimate of drug-likeness (QED) is 0.351. The molecule has 4 atom stereocenters. The average Bonchev–Trinajstić information content (AvgIpc) is 3.53. The van der Waals surface area contributed by atoms with Crippen molar-refractivity contribution in [3.05, 3.63) is 18.2 Å². The number of hydrogen-bond donors (Lipinski definition) is 5. The van der Waals surface area contributed by atoms with Gasteiger partial charge in [0.05, 0.1) is 24.2 Å². The Bertz CT molecular complexity index is 1090. The van der Waals surface area contributed by atoms with Crippen LogP contribution in [-0.4, -0.2) is 70.0 Å². The van der Waals surface area contributed by atoms with Gasteiger partial charge in [0.1, 0.15) is 23.8 Å². The summed E-state index contributed by atoms with van der Waals surface area (Å²) in [6.45, 7) is -0.414. The minimum atomic E-state index is -1.25. The Labute approximate surface area is 191 Å².